The second kappa shape index (κ2) is 12.0. The topological polar surface area (TPSA) is 139 Å². The molecule has 1 N–H and O–H groups in total. The number of allylic oxidation sites excluding steroid dienone is 1. The molecule has 6 rings (SSSR count). The van der Waals surface area contributed by atoms with Gasteiger partial charge in [0.05, 0.1) is 24.8 Å². The first-order chi connectivity index (χ1) is 21.3. The highest BCUT2D eigenvalue weighted by Crippen LogP contribution is 2.47. The molecule has 3 aliphatic heterocycles. The summed E-state index contributed by atoms with van der Waals surface area (Å²) in [7, 11) is 3.62. The van der Waals surface area contributed by atoms with Crippen molar-refractivity contribution in [1.82, 2.24) is 28.6 Å². The molecule has 2 amide bonds. The van der Waals surface area contributed by atoms with E-state index in [9.17, 15) is 29.1 Å². The molecule has 2 unspecified atom stereocenters. The summed E-state index contributed by atoms with van der Waals surface area (Å²) in [6, 6.07) is 10.5. The van der Waals surface area contributed by atoms with Gasteiger partial charge in [-0.1, -0.05) is 18.2 Å². The lowest BCUT2D eigenvalue weighted by Crippen LogP contribution is -2.53. The highest BCUT2D eigenvalue weighted by Gasteiger charge is 2.44. The van der Waals surface area contributed by atoms with Crippen LogP contribution in [-0.4, -0.2) is 97.4 Å². The number of fused-ring (bicyclic) bond motifs is 5. The van der Waals surface area contributed by atoms with Gasteiger partial charge in [0.25, 0.3) is 0 Å². The van der Waals surface area contributed by atoms with Crippen LogP contribution in [0.3, 0.4) is 0 Å². The Morgan fingerprint density at radius 3 is 2.35 bits per heavy atom. The van der Waals surface area contributed by atoms with Gasteiger partial charge in [-0.3, -0.25) is 14.5 Å². The molecule has 1 fully saturated rings. The number of likely N-dealkylation sites (N-methyl/N-ethyl adjacent to an activating group) is 1. The molecule has 0 saturated carbocycles. The lowest BCUT2D eigenvalue weighted by Gasteiger charge is -2.44. The Bertz CT molecular complexity index is 1870. The number of nitrogens with zero attached hydrogens (tertiary/aromatic N) is 6. The molecule has 244 valence electrons. The Balaban J connectivity index is 0.00000417. The number of hydrogen-bond donors (Lipinski definition) is 1. The number of ketones is 1. The van der Waals surface area contributed by atoms with E-state index in [-0.39, 0.29) is 50.3 Å². The van der Waals surface area contributed by atoms with Crippen LogP contribution in [-0.2, 0) is 11.3 Å². The van der Waals surface area contributed by atoms with Crippen molar-refractivity contribution in [3.8, 4) is 11.4 Å². The molecule has 1 saturated heterocycles. The summed E-state index contributed by atoms with van der Waals surface area (Å²) in [6.07, 6.45) is 0.831. The SMILES string of the molecule is CC(=O)c1ccc(-n2c(=O)n3n(c2=O)C2C(=CC3)C(C)(C)Oc3cc(C4CN(C(=O)CN(C)C)CCN4C(=O)O)ccc32)cc1.Cl. The maximum atomic E-state index is 14.0. The summed E-state index contributed by atoms with van der Waals surface area (Å²) in [5, 5.41) is 10.0. The van der Waals surface area contributed by atoms with Gasteiger partial charge in [0.2, 0.25) is 5.91 Å². The number of halogens is 1. The van der Waals surface area contributed by atoms with Crippen LogP contribution in [0, 0.1) is 0 Å². The Labute approximate surface area is 271 Å². The van der Waals surface area contributed by atoms with Crippen molar-refractivity contribution in [1.29, 1.82) is 0 Å². The quantitative estimate of drug-likeness (QED) is 0.328. The van der Waals surface area contributed by atoms with E-state index in [0.29, 0.717) is 34.7 Å². The number of amides is 2. The van der Waals surface area contributed by atoms with Crippen LogP contribution in [0.4, 0.5) is 4.79 Å². The third-order valence-electron chi connectivity index (χ3n) is 8.82. The van der Waals surface area contributed by atoms with Crippen molar-refractivity contribution in [2.24, 2.45) is 0 Å². The summed E-state index contributed by atoms with van der Waals surface area (Å²) in [6.45, 7) is 6.29. The number of carbonyl (C=O) groups is 3. The van der Waals surface area contributed by atoms with E-state index in [2.05, 4.69) is 0 Å². The van der Waals surface area contributed by atoms with E-state index >= 15 is 0 Å². The van der Waals surface area contributed by atoms with Crippen LogP contribution in [0.25, 0.3) is 5.69 Å². The van der Waals surface area contributed by atoms with Crippen LogP contribution in [0.2, 0.25) is 0 Å². The predicted molar refractivity (Wildman–Crippen MR) is 172 cm³/mol. The highest BCUT2D eigenvalue weighted by molar-refractivity contribution is 5.94. The third kappa shape index (κ3) is 5.43. The molecule has 2 atom stereocenters. The standard InChI is InChI=1S/C32H36N6O7.ClH/c1-19(39)20-6-9-22(10-7-20)37-29(41)36-13-12-24-28(38(36)30(37)42)23-11-8-21(16-26(23)45-32(24,2)3)25-17-34(27(40)18-33(4)5)14-15-35(25)31(43)44;/h6-12,16,25,28H,13-15,17-18H2,1-5H3,(H,43,44);1H. The summed E-state index contributed by atoms with van der Waals surface area (Å²) in [4.78, 5) is 69.3. The van der Waals surface area contributed by atoms with Crippen molar-refractivity contribution in [2.75, 3.05) is 40.3 Å². The lowest BCUT2D eigenvalue weighted by molar-refractivity contribution is -0.134. The van der Waals surface area contributed by atoms with E-state index in [0.717, 1.165) is 10.1 Å². The number of hydrogen-bond acceptors (Lipinski definition) is 7. The largest absolute Gasteiger partial charge is 0.483 e. The molecule has 0 radical (unpaired) electrons. The van der Waals surface area contributed by atoms with Gasteiger partial charge in [-0.05, 0) is 76.3 Å². The fourth-order valence-electron chi connectivity index (χ4n) is 6.58. The van der Waals surface area contributed by atoms with Gasteiger partial charge in [-0.2, -0.15) is 0 Å². The maximum Gasteiger partial charge on any atom is 0.407 e. The minimum absolute atomic E-state index is 0. The van der Waals surface area contributed by atoms with Gasteiger partial charge < -0.3 is 19.6 Å². The van der Waals surface area contributed by atoms with E-state index in [1.165, 1.54) is 21.2 Å². The van der Waals surface area contributed by atoms with Crippen molar-refractivity contribution in [2.45, 2.75) is 45.0 Å². The summed E-state index contributed by atoms with van der Waals surface area (Å²) < 4.78 is 10.4. The van der Waals surface area contributed by atoms with Gasteiger partial charge in [0.15, 0.2) is 5.78 Å². The average molecular weight is 653 g/mol. The summed E-state index contributed by atoms with van der Waals surface area (Å²) in [5.41, 5.74) is 1.07. The maximum absolute atomic E-state index is 14.0. The smallest absolute Gasteiger partial charge is 0.407 e. The van der Waals surface area contributed by atoms with Crippen molar-refractivity contribution >= 4 is 30.2 Å². The Hall–Kier alpha value is -4.62. The first-order valence-electron chi connectivity index (χ1n) is 14.8. The molecule has 4 heterocycles. The number of piperazine rings is 1. The van der Waals surface area contributed by atoms with Crippen LogP contribution >= 0.6 is 12.4 Å². The van der Waals surface area contributed by atoms with Crippen molar-refractivity contribution in [3.05, 3.63) is 91.8 Å². The van der Waals surface area contributed by atoms with Crippen LogP contribution in [0.15, 0.2) is 63.7 Å². The van der Waals surface area contributed by atoms with E-state index in [1.54, 1.807) is 46.2 Å². The van der Waals surface area contributed by atoms with Crippen molar-refractivity contribution < 1.29 is 24.2 Å². The van der Waals surface area contributed by atoms with Gasteiger partial charge in [0.1, 0.15) is 17.4 Å². The molecular weight excluding hydrogens is 616 g/mol. The number of Topliss-reactive ketones (excluding diaryl/α,β-unsaturated/α-hetero) is 1. The second-order valence-corrected chi connectivity index (χ2v) is 12.5. The molecule has 13 nitrogen and oxygen atoms in total. The zero-order chi connectivity index (χ0) is 32.4. The number of carboxylic acid groups (broad SMARTS) is 1. The van der Waals surface area contributed by atoms with E-state index < -0.39 is 35.2 Å². The monoisotopic (exact) mass is 652 g/mol. The highest BCUT2D eigenvalue weighted by atomic mass is 35.5. The molecule has 3 aromatic rings. The van der Waals surface area contributed by atoms with Gasteiger partial charge in [-0.15, -0.1) is 12.4 Å². The van der Waals surface area contributed by atoms with Gasteiger partial charge in [-0.25, -0.2) is 28.3 Å². The molecule has 0 spiro atoms. The van der Waals surface area contributed by atoms with E-state index in [4.69, 9.17) is 4.74 Å². The first-order valence-corrected chi connectivity index (χ1v) is 14.8. The Morgan fingerprint density at radius 1 is 1.02 bits per heavy atom. The van der Waals surface area contributed by atoms with Crippen molar-refractivity contribution in [3.63, 3.8) is 0 Å². The Kier molecular flexibility index (Phi) is 8.51. The van der Waals surface area contributed by atoms with E-state index in [1.807, 2.05) is 40.1 Å². The normalized spacial score (nSPS) is 19.7. The third-order valence-corrected chi connectivity index (χ3v) is 8.82. The number of ether oxygens (including phenoxy) is 1. The fourth-order valence-corrected chi connectivity index (χ4v) is 6.58. The Morgan fingerprint density at radius 2 is 1.72 bits per heavy atom. The number of benzene rings is 2. The summed E-state index contributed by atoms with van der Waals surface area (Å²) >= 11 is 0. The zero-order valence-corrected chi connectivity index (χ0v) is 27.1. The zero-order valence-electron chi connectivity index (χ0n) is 26.3. The number of rotatable bonds is 5. The van der Waals surface area contributed by atoms with Gasteiger partial charge in [0, 0.05) is 30.8 Å². The summed E-state index contributed by atoms with van der Waals surface area (Å²) in [5.74, 6) is 0.261. The van der Waals surface area contributed by atoms with Crippen LogP contribution in [0.1, 0.15) is 54.3 Å². The molecule has 3 aliphatic rings. The minimum atomic E-state index is -1.08. The molecule has 46 heavy (non-hydrogen) atoms. The van der Waals surface area contributed by atoms with Crippen LogP contribution < -0.4 is 16.1 Å². The average Bonchev–Trinajstić information content (AvgIpc) is 3.25. The predicted octanol–water partition coefficient (Wildman–Crippen LogP) is 2.55. The van der Waals surface area contributed by atoms with Crippen LogP contribution in [0.5, 0.6) is 5.75 Å². The molecule has 0 aliphatic carbocycles. The number of aromatic nitrogens is 3. The molecular formula is C32H37ClN6O7. The first kappa shape index (κ1) is 32.8. The second-order valence-electron chi connectivity index (χ2n) is 12.5. The molecule has 14 heteroatoms. The molecule has 1 aromatic heterocycles. The minimum Gasteiger partial charge on any atom is -0.483 e. The molecule has 2 aromatic carbocycles. The lowest BCUT2D eigenvalue weighted by atomic mass is 9.82. The molecule has 0 bridgehead atoms. The number of carbonyl (C=O) groups excluding carboxylic acids is 2. The van der Waals surface area contributed by atoms with Gasteiger partial charge >= 0.3 is 17.5 Å². The fraction of sp³-hybridized carbons (Fsp3) is 0.406.